The van der Waals surface area contributed by atoms with Gasteiger partial charge in [0.15, 0.2) is 0 Å². The number of hydrogen-bond acceptors (Lipinski definition) is 5. The molecule has 1 aliphatic heterocycles. The maximum absolute atomic E-state index is 12.2. The molecule has 1 N–H and O–H groups in total. The summed E-state index contributed by atoms with van der Waals surface area (Å²) in [5, 5.41) is 0. The molecule has 1 saturated heterocycles. The molecule has 2 rings (SSSR count). The van der Waals surface area contributed by atoms with Crippen LogP contribution in [0.5, 0.6) is 0 Å². The Hall–Kier alpha value is -0.930. The first-order valence-corrected chi connectivity index (χ1v) is 8.91. The van der Waals surface area contributed by atoms with Crippen LogP contribution in [0.4, 0.5) is 0 Å². The van der Waals surface area contributed by atoms with Crippen molar-refractivity contribution in [3.8, 4) is 0 Å². The van der Waals surface area contributed by atoms with Gasteiger partial charge in [-0.2, -0.15) is 12.7 Å². The van der Waals surface area contributed by atoms with E-state index >= 15 is 0 Å². The molecule has 1 aromatic heterocycles. The molecule has 0 bridgehead atoms. The van der Waals surface area contributed by atoms with Crippen LogP contribution in [-0.4, -0.2) is 51.2 Å². The zero-order valence-electron chi connectivity index (χ0n) is 13.0. The van der Waals surface area contributed by atoms with E-state index in [0.717, 1.165) is 5.76 Å². The van der Waals surface area contributed by atoms with Crippen molar-refractivity contribution >= 4 is 10.2 Å². The SMILES string of the molecule is C[C@@H]1CN(S(=O)(=O)NCCCOCc2ccco2)C[C@H](C)O1. The van der Waals surface area contributed by atoms with Crippen molar-refractivity contribution in [2.24, 2.45) is 0 Å². The Labute approximate surface area is 131 Å². The first-order chi connectivity index (χ1) is 10.5. The normalized spacial score (nSPS) is 23.7. The van der Waals surface area contributed by atoms with E-state index in [0.29, 0.717) is 39.3 Å². The fourth-order valence-corrected chi connectivity index (χ4v) is 3.76. The Morgan fingerprint density at radius 3 is 2.73 bits per heavy atom. The van der Waals surface area contributed by atoms with Crippen LogP contribution in [0.2, 0.25) is 0 Å². The highest BCUT2D eigenvalue weighted by Gasteiger charge is 2.30. The molecule has 0 saturated carbocycles. The standard InChI is InChI=1S/C14H24N2O5S/c1-12-9-16(10-13(2)21-12)22(17,18)15-6-4-7-19-11-14-5-3-8-20-14/h3,5,8,12-13,15H,4,6-7,9-11H2,1-2H3/t12-,13+. The topological polar surface area (TPSA) is 81.0 Å². The van der Waals surface area contributed by atoms with Gasteiger partial charge >= 0.3 is 0 Å². The summed E-state index contributed by atoms with van der Waals surface area (Å²) in [6.45, 7) is 5.74. The van der Waals surface area contributed by atoms with Gasteiger partial charge in [0.05, 0.1) is 18.5 Å². The van der Waals surface area contributed by atoms with Crippen molar-refractivity contribution in [1.29, 1.82) is 0 Å². The smallest absolute Gasteiger partial charge is 0.279 e. The van der Waals surface area contributed by atoms with Crippen molar-refractivity contribution < 1.29 is 22.3 Å². The zero-order valence-corrected chi connectivity index (χ0v) is 13.8. The molecule has 22 heavy (non-hydrogen) atoms. The average Bonchev–Trinajstić information content (AvgIpc) is 2.95. The van der Waals surface area contributed by atoms with Crippen molar-refractivity contribution in [2.75, 3.05) is 26.2 Å². The lowest BCUT2D eigenvalue weighted by Gasteiger charge is -2.34. The largest absolute Gasteiger partial charge is 0.467 e. The number of hydrogen-bond donors (Lipinski definition) is 1. The van der Waals surface area contributed by atoms with Gasteiger partial charge in [0.25, 0.3) is 10.2 Å². The third-order valence-electron chi connectivity index (χ3n) is 3.30. The summed E-state index contributed by atoms with van der Waals surface area (Å²) in [5.74, 6) is 0.761. The molecular weight excluding hydrogens is 308 g/mol. The average molecular weight is 332 g/mol. The molecule has 2 atom stereocenters. The van der Waals surface area contributed by atoms with E-state index in [2.05, 4.69) is 4.72 Å². The van der Waals surface area contributed by atoms with Gasteiger partial charge in [0.2, 0.25) is 0 Å². The van der Waals surface area contributed by atoms with Gasteiger partial charge in [-0.05, 0) is 32.4 Å². The van der Waals surface area contributed by atoms with E-state index in [1.807, 2.05) is 19.9 Å². The molecule has 0 radical (unpaired) electrons. The van der Waals surface area contributed by atoms with Gasteiger partial charge in [0.1, 0.15) is 12.4 Å². The summed E-state index contributed by atoms with van der Waals surface area (Å²) in [7, 11) is -3.45. The highest BCUT2D eigenvalue weighted by atomic mass is 32.2. The number of morpholine rings is 1. The number of furan rings is 1. The highest BCUT2D eigenvalue weighted by Crippen LogP contribution is 2.13. The van der Waals surface area contributed by atoms with Gasteiger partial charge in [-0.25, -0.2) is 4.72 Å². The summed E-state index contributed by atoms with van der Waals surface area (Å²) in [4.78, 5) is 0. The van der Waals surface area contributed by atoms with Gasteiger partial charge in [-0.15, -0.1) is 0 Å². The van der Waals surface area contributed by atoms with E-state index in [1.165, 1.54) is 4.31 Å². The second-order valence-corrected chi connectivity index (χ2v) is 7.21. The Bertz CT molecular complexity index is 521. The van der Waals surface area contributed by atoms with Crippen molar-refractivity contribution in [3.63, 3.8) is 0 Å². The van der Waals surface area contributed by atoms with E-state index in [-0.39, 0.29) is 12.2 Å². The van der Waals surface area contributed by atoms with Gasteiger partial charge in [-0.3, -0.25) is 0 Å². The van der Waals surface area contributed by atoms with Crippen LogP contribution in [0.1, 0.15) is 26.0 Å². The monoisotopic (exact) mass is 332 g/mol. The van der Waals surface area contributed by atoms with Crippen molar-refractivity contribution in [3.05, 3.63) is 24.2 Å². The summed E-state index contributed by atoms with van der Waals surface area (Å²) in [6, 6.07) is 3.64. The lowest BCUT2D eigenvalue weighted by Crippen LogP contribution is -2.52. The molecule has 8 heteroatoms. The minimum atomic E-state index is -3.45. The van der Waals surface area contributed by atoms with Gasteiger partial charge in [-0.1, -0.05) is 0 Å². The third kappa shape index (κ3) is 5.36. The molecule has 0 unspecified atom stereocenters. The number of nitrogens with zero attached hydrogens (tertiary/aromatic N) is 1. The van der Waals surface area contributed by atoms with Gasteiger partial charge < -0.3 is 13.9 Å². The predicted molar refractivity (Wildman–Crippen MR) is 81.5 cm³/mol. The maximum atomic E-state index is 12.2. The highest BCUT2D eigenvalue weighted by molar-refractivity contribution is 7.87. The molecular formula is C14H24N2O5S. The second kappa shape index (κ2) is 8.07. The second-order valence-electron chi connectivity index (χ2n) is 5.46. The van der Waals surface area contributed by atoms with Crippen molar-refractivity contribution in [2.45, 2.75) is 39.1 Å². The van der Waals surface area contributed by atoms with Gasteiger partial charge in [0, 0.05) is 26.2 Å². The molecule has 7 nitrogen and oxygen atoms in total. The van der Waals surface area contributed by atoms with Crippen LogP contribution < -0.4 is 4.72 Å². The molecule has 0 amide bonds. The molecule has 1 fully saturated rings. The minimum Gasteiger partial charge on any atom is -0.467 e. The van der Waals surface area contributed by atoms with Crippen LogP contribution >= 0.6 is 0 Å². The van der Waals surface area contributed by atoms with Crippen molar-refractivity contribution in [1.82, 2.24) is 9.03 Å². The molecule has 0 spiro atoms. The third-order valence-corrected chi connectivity index (χ3v) is 4.85. The summed E-state index contributed by atoms with van der Waals surface area (Å²) < 4.78 is 44.5. The van der Waals surface area contributed by atoms with E-state index in [9.17, 15) is 8.42 Å². The Kier molecular flexibility index (Phi) is 6.39. The molecule has 126 valence electrons. The first kappa shape index (κ1) is 17.4. The first-order valence-electron chi connectivity index (χ1n) is 7.47. The summed E-state index contributed by atoms with van der Waals surface area (Å²) in [5.41, 5.74) is 0. The molecule has 1 aliphatic rings. The zero-order chi connectivity index (χ0) is 16.0. The molecule has 0 aromatic carbocycles. The Morgan fingerprint density at radius 1 is 1.36 bits per heavy atom. The number of rotatable bonds is 8. The summed E-state index contributed by atoms with van der Waals surface area (Å²) in [6.07, 6.45) is 2.03. The number of nitrogens with one attached hydrogen (secondary N) is 1. The van der Waals surface area contributed by atoms with E-state index < -0.39 is 10.2 Å². The fraction of sp³-hybridized carbons (Fsp3) is 0.714. The van der Waals surface area contributed by atoms with Crippen LogP contribution in [0.15, 0.2) is 22.8 Å². The molecule has 2 heterocycles. The summed E-state index contributed by atoms with van der Waals surface area (Å²) >= 11 is 0. The minimum absolute atomic E-state index is 0.0862. The lowest BCUT2D eigenvalue weighted by atomic mass is 10.3. The van der Waals surface area contributed by atoms with Crippen LogP contribution in [-0.2, 0) is 26.3 Å². The lowest BCUT2D eigenvalue weighted by molar-refractivity contribution is -0.0444. The van der Waals surface area contributed by atoms with Crippen LogP contribution in [0.25, 0.3) is 0 Å². The van der Waals surface area contributed by atoms with Crippen LogP contribution in [0, 0.1) is 0 Å². The molecule has 1 aromatic rings. The Balaban J connectivity index is 1.64. The molecule has 0 aliphatic carbocycles. The Morgan fingerprint density at radius 2 is 2.09 bits per heavy atom. The predicted octanol–water partition coefficient (Wildman–Crippen LogP) is 1.13. The van der Waals surface area contributed by atoms with E-state index in [4.69, 9.17) is 13.9 Å². The fourth-order valence-electron chi connectivity index (χ4n) is 2.36. The van der Waals surface area contributed by atoms with Crippen LogP contribution in [0.3, 0.4) is 0 Å². The number of ether oxygens (including phenoxy) is 2. The maximum Gasteiger partial charge on any atom is 0.279 e. The van der Waals surface area contributed by atoms with E-state index in [1.54, 1.807) is 12.3 Å². The quantitative estimate of drug-likeness (QED) is 0.722.